The van der Waals surface area contributed by atoms with Crippen molar-refractivity contribution < 1.29 is 0 Å². The highest BCUT2D eigenvalue weighted by molar-refractivity contribution is 5.83. The highest BCUT2D eigenvalue weighted by Crippen LogP contribution is 2.35. The van der Waals surface area contributed by atoms with Gasteiger partial charge in [0.25, 0.3) is 0 Å². The van der Waals surface area contributed by atoms with E-state index in [1.165, 1.54) is 22.4 Å². The van der Waals surface area contributed by atoms with Crippen molar-refractivity contribution >= 4 is 11.9 Å². The monoisotopic (exact) mass is 413 g/mol. The number of para-hydroxylation sites is 1. The lowest BCUT2D eigenvalue weighted by molar-refractivity contribution is 0.769. The van der Waals surface area contributed by atoms with Gasteiger partial charge in [-0.15, -0.1) is 0 Å². The van der Waals surface area contributed by atoms with E-state index >= 15 is 0 Å². The van der Waals surface area contributed by atoms with E-state index in [9.17, 15) is 0 Å². The molecule has 1 aliphatic heterocycles. The number of hydrogen-bond donors (Lipinski definition) is 1. The number of anilines is 1. The molecule has 1 unspecified atom stereocenters. The van der Waals surface area contributed by atoms with E-state index in [-0.39, 0.29) is 0 Å². The lowest BCUT2D eigenvalue weighted by Crippen LogP contribution is -2.09. The van der Waals surface area contributed by atoms with Gasteiger partial charge in [-0.05, 0) is 55.4 Å². The van der Waals surface area contributed by atoms with Crippen molar-refractivity contribution in [2.75, 3.05) is 5.32 Å². The first-order valence-electron chi connectivity index (χ1n) is 11.3. The fourth-order valence-electron chi connectivity index (χ4n) is 3.54. The van der Waals surface area contributed by atoms with Crippen LogP contribution in [0.1, 0.15) is 52.8 Å². The number of aliphatic imine (C=N–C) groups is 1. The summed E-state index contributed by atoms with van der Waals surface area (Å²) < 4.78 is 0. The topological polar surface area (TPSA) is 37.3 Å². The molecular weight excluding hydrogens is 378 g/mol. The van der Waals surface area contributed by atoms with Crippen molar-refractivity contribution in [1.29, 1.82) is 0 Å². The highest BCUT2D eigenvalue weighted by atomic mass is 14.9. The average molecular weight is 414 g/mol. The largest absolute Gasteiger partial charge is 0.381 e. The van der Waals surface area contributed by atoms with Gasteiger partial charge in [0.05, 0.1) is 17.6 Å². The Labute approximate surface area is 187 Å². The summed E-state index contributed by atoms with van der Waals surface area (Å²) >= 11 is 0. The second-order valence-corrected chi connectivity index (χ2v) is 9.02. The molecule has 31 heavy (non-hydrogen) atoms. The normalized spacial score (nSPS) is 17.2. The first-order chi connectivity index (χ1) is 14.8. The molecule has 3 nitrogen and oxygen atoms in total. The summed E-state index contributed by atoms with van der Waals surface area (Å²) in [5.41, 5.74) is 8.15. The third-order valence-corrected chi connectivity index (χ3v) is 5.77. The zero-order valence-corrected chi connectivity index (χ0v) is 19.7. The summed E-state index contributed by atoms with van der Waals surface area (Å²) in [5, 5.41) is 3.59. The summed E-state index contributed by atoms with van der Waals surface area (Å²) in [7, 11) is 0. The molecule has 1 atom stereocenters. The number of pyridine rings is 1. The van der Waals surface area contributed by atoms with E-state index in [2.05, 4.69) is 94.3 Å². The molecule has 0 fully saturated rings. The summed E-state index contributed by atoms with van der Waals surface area (Å²) in [4.78, 5) is 9.42. The molecule has 2 aromatic rings. The van der Waals surface area contributed by atoms with Crippen molar-refractivity contribution in [3.8, 4) is 11.3 Å². The third-order valence-electron chi connectivity index (χ3n) is 5.77. The zero-order valence-electron chi connectivity index (χ0n) is 19.7. The van der Waals surface area contributed by atoms with Gasteiger partial charge in [0.15, 0.2) is 0 Å². The molecule has 0 amide bonds. The van der Waals surface area contributed by atoms with Gasteiger partial charge in [0.2, 0.25) is 0 Å². The van der Waals surface area contributed by atoms with Crippen LogP contribution in [0.25, 0.3) is 11.3 Å². The number of allylic oxidation sites excluding steroid dienone is 5. The smallest absolute Gasteiger partial charge is 0.0819 e. The molecule has 162 valence electrons. The fraction of sp³-hybridized carbons (Fsp3) is 0.357. The number of rotatable bonds is 7. The van der Waals surface area contributed by atoms with Crippen molar-refractivity contribution in [3.05, 3.63) is 83.2 Å². The van der Waals surface area contributed by atoms with Crippen molar-refractivity contribution in [3.63, 3.8) is 0 Å². The Morgan fingerprint density at radius 2 is 1.87 bits per heavy atom. The third kappa shape index (κ3) is 6.04. The predicted molar refractivity (Wildman–Crippen MR) is 135 cm³/mol. The van der Waals surface area contributed by atoms with Crippen LogP contribution < -0.4 is 5.32 Å². The maximum atomic E-state index is 4.85. The highest BCUT2D eigenvalue weighted by Gasteiger charge is 2.20. The number of fused-ring (bicyclic) bond motifs is 1. The Balaban J connectivity index is 1.80. The Kier molecular flexibility index (Phi) is 7.62. The minimum absolute atomic E-state index is 0.403. The number of aromatic nitrogens is 1. The molecular formula is C28H35N3. The molecule has 0 saturated carbocycles. The molecule has 3 heteroatoms. The van der Waals surface area contributed by atoms with Crippen LogP contribution in [0.15, 0.2) is 77.0 Å². The van der Waals surface area contributed by atoms with Crippen molar-refractivity contribution in [1.82, 2.24) is 4.98 Å². The zero-order chi connectivity index (χ0) is 22.4. The standard InChI is InChI=1S/C28H35N3/c1-19(2)21(5)10-7-12-24(20(3)4)17-29-18-25-13-9-15-27(31-25)26-14-8-11-23-16-22(6)30-28(23)26/h7-15,17-20,22,30H,16H2,1-6H3/b12-7-,21-10+,24-17-,29-18+. The molecule has 0 bridgehead atoms. The first-order valence-corrected chi connectivity index (χ1v) is 11.3. The van der Waals surface area contributed by atoms with E-state index in [1.54, 1.807) is 0 Å². The van der Waals surface area contributed by atoms with Crippen LogP contribution >= 0.6 is 0 Å². The molecule has 1 aliphatic rings. The second kappa shape index (κ2) is 10.4. The minimum Gasteiger partial charge on any atom is -0.381 e. The van der Waals surface area contributed by atoms with Gasteiger partial charge in [0.1, 0.15) is 0 Å². The van der Waals surface area contributed by atoms with Gasteiger partial charge in [-0.2, -0.15) is 0 Å². The van der Waals surface area contributed by atoms with Crippen LogP contribution in [0, 0.1) is 11.8 Å². The molecule has 2 heterocycles. The maximum absolute atomic E-state index is 4.85. The van der Waals surface area contributed by atoms with Crippen molar-refractivity contribution in [2.24, 2.45) is 16.8 Å². The summed E-state index contributed by atoms with van der Waals surface area (Å²) in [6.07, 6.45) is 11.3. The van der Waals surface area contributed by atoms with Crippen LogP contribution in [0.5, 0.6) is 0 Å². The lowest BCUT2D eigenvalue weighted by atomic mass is 10.0. The van der Waals surface area contributed by atoms with Gasteiger partial charge < -0.3 is 5.32 Å². The van der Waals surface area contributed by atoms with Gasteiger partial charge >= 0.3 is 0 Å². The lowest BCUT2D eigenvalue weighted by Gasteiger charge is -2.10. The Hall–Kier alpha value is -2.94. The summed E-state index contributed by atoms with van der Waals surface area (Å²) in [5.74, 6) is 0.970. The number of nitrogens with zero attached hydrogens (tertiary/aromatic N) is 2. The maximum Gasteiger partial charge on any atom is 0.0819 e. The molecule has 0 saturated heterocycles. The molecule has 1 N–H and O–H groups in total. The molecule has 3 rings (SSSR count). The van der Waals surface area contributed by atoms with Gasteiger partial charge in [-0.3, -0.25) is 4.99 Å². The molecule has 0 radical (unpaired) electrons. The van der Waals surface area contributed by atoms with E-state index in [1.807, 2.05) is 24.5 Å². The van der Waals surface area contributed by atoms with E-state index in [0.29, 0.717) is 17.9 Å². The SMILES string of the molecule is C\C(=C/C=C\C(=C\N=C\c1cccc(-c2cccc3c2NC(C)C3)n1)C(C)C)C(C)C. The molecule has 0 aliphatic carbocycles. The van der Waals surface area contributed by atoms with E-state index in [0.717, 1.165) is 23.4 Å². The van der Waals surface area contributed by atoms with Gasteiger partial charge in [-0.1, -0.05) is 75.8 Å². The number of nitrogens with one attached hydrogen (secondary N) is 1. The Morgan fingerprint density at radius 3 is 2.61 bits per heavy atom. The number of benzene rings is 1. The second-order valence-electron chi connectivity index (χ2n) is 9.02. The van der Waals surface area contributed by atoms with Crippen LogP contribution in [0.2, 0.25) is 0 Å². The number of hydrogen-bond acceptors (Lipinski definition) is 3. The minimum atomic E-state index is 0.403. The van der Waals surface area contributed by atoms with Gasteiger partial charge in [0, 0.05) is 23.5 Å². The van der Waals surface area contributed by atoms with Crippen LogP contribution in [-0.2, 0) is 6.42 Å². The van der Waals surface area contributed by atoms with Crippen LogP contribution in [0.3, 0.4) is 0 Å². The summed E-state index contributed by atoms with van der Waals surface area (Å²) in [6, 6.07) is 13.0. The van der Waals surface area contributed by atoms with Crippen LogP contribution in [-0.4, -0.2) is 17.2 Å². The predicted octanol–water partition coefficient (Wildman–Crippen LogP) is 7.22. The quantitative estimate of drug-likeness (QED) is 0.384. The van der Waals surface area contributed by atoms with Gasteiger partial charge in [-0.25, -0.2) is 4.98 Å². The van der Waals surface area contributed by atoms with E-state index in [4.69, 9.17) is 4.98 Å². The van der Waals surface area contributed by atoms with Crippen molar-refractivity contribution in [2.45, 2.75) is 54.0 Å². The fourth-order valence-corrected chi connectivity index (χ4v) is 3.54. The molecule has 1 aromatic heterocycles. The van der Waals surface area contributed by atoms with E-state index < -0.39 is 0 Å². The molecule has 1 aromatic carbocycles. The first kappa shape index (κ1) is 22.7. The van der Waals surface area contributed by atoms with Crippen LogP contribution in [0.4, 0.5) is 5.69 Å². The summed E-state index contributed by atoms with van der Waals surface area (Å²) in [6.45, 7) is 13.2. The average Bonchev–Trinajstić information content (AvgIpc) is 3.12. The molecule has 0 spiro atoms. The Morgan fingerprint density at radius 1 is 1.10 bits per heavy atom. The Bertz CT molecular complexity index is 1020.